The second-order valence-electron chi connectivity index (χ2n) is 8.13. The first-order valence-corrected chi connectivity index (χ1v) is 12.9. The molecule has 0 aliphatic heterocycles. The van der Waals surface area contributed by atoms with Crippen LogP contribution in [0.3, 0.4) is 0 Å². The first-order valence-electron chi connectivity index (χ1n) is 11.4. The van der Waals surface area contributed by atoms with Gasteiger partial charge in [-0.2, -0.15) is 0 Å². The van der Waals surface area contributed by atoms with E-state index in [1.54, 1.807) is 36.4 Å². The minimum Gasteiger partial charge on any atom is -0.480 e. The lowest BCUT2D eigenvalue weighted by Crippen LogP contribution is -2.43. The van der Waals surface area contributed by atoms with Crippen molar-refractivity contribution in [1.29, 1.82) is 0 Å². The van der Waals surface area contributed by atoms with Crippen molar-refractivity contribution in [3.8, 4) is 11.4 Å². The Morgan fingerprint density at radius 3 is 2.51 bits per heavy atom. The number of nitrogens with one attached hydrogen (secondary N) is 3. The summed E-state index contributed by atoms with van der Waals surface area (Å²) in [4.78, 5) is 48.5. The van der Waals surface area contributed by atoms with Crippen molar-refractivity contribution in [2.45, 2.75) is 42.5 Å². The number of carboxylic acid groups (broad SMARTS) is 1. The normalized spacial score (nSPS) is 13.0. The number of unbranched alkanes of at least 4 members (excludes halogenated alkanes) is 1. The number of benzene rings is 2. The van der Waals surface area contributed by atoms with E-state index in [2.05, 4.69) is 24.7 Å². The Labute approximate surface area is 212 Å². The number of aldehydes is 1. The number of hydrogen-bond donors (Lipinski definition) is 4. The predicted molar refractivity (Wildman–Crippen MR) is 131 cm³/mol. The van der Waals surface area contributed by atoms with Crippen LogP contribution in [0.1, 0.15) is 37.2 Å². The maximum Gasteiger partial charge on any atom is 0.439 e. The number of carbonyl (C=O) groups excluding carboxylic acids is 2. The lowest BCUT2D eigenvalue weighted by molar-refractivity contribution is -0.142. The second-order valence-corrected chi connectivity index (χ2v) is 9.90. The summed E-state index contributed by atoms with van der Waals surface area (Å²) in [6.45, 7) is 0.0966. The highest BCUT2D eigenvalue weighted by Gasteiger charge is 2.26. The topological polar surface area (TPSA) is 189 Å². The quantitative estimate of drug-likeness (QED) is 0.176. The highest BCUT2D eigenvalue weighted by Crippen LogP contribution is 2.23. The fourth-order valence-corrected chi connectivity index (χ4v) is 4.77. The van der Waals surface area contributed by atoms with E-state index < -0.39 is 39.6 Å². The molecule has 4 N–H and O–H groups in total. The Balaban J connectivity index is 1.59. The van der Waals surface area contributed by atoms with Crippen LogP contribution in [0.2, 0.25) is 0 Å². The monoisotopic (exact) mass is 530 g/mol. The van der Waals surface area contributed by atoms with Gasteiger partial charge < -0.3 is 15.2 Å². The molecule has 1 unspecified atom stereocenters. The van der Waals surface area contributed by atoms with Gasteiger partial charge in [0.05, 0.1) is 10.8 Å². The van der Waals surface area contributed by atoms with Crippen molar-refractivity contribution in [1.82, 2.24) is 20.2 Å². The van der Waals surface area contributed by atoms with Crippen molar-refractivity contribution < 1.29 is 32.4 Å². The lowest BCUT2D eigenvalue weighted by atomic mass is 9.92. The third kappa shape index (κ3) is 7.69. The molecule has 3 aromatic rings. The van der Waals surface area contributed by atoms with E-state index in [1.165, 1.54) is 18.2 Å². The molecule has 3 rings (SSSR count). The van der Waals surface area contributed by atoms with Crippen molar-refractivity contribution in [2.75, 3.05) is 6.54 Å². The number of rotatable bonds is 14. The number of sulfonamides is 1. The zero-order valence-corrected chi connectivity index (χ0v) is 20.4. The minimum absolute atomic E-state index is 0.0229. The van der Waals surface area contributed by atoms with Crippen molar-refractivity contribution >= 4 is 28.2 Å². The van der Waals surface area contributed by atoms with E-state index in [-0.39, 0.29) is 23.7 Å². The van der Waals surface area contributed by atoms with Gasteiger partial charge in [-0.3, -0.25) is 14.3 Å². The van der Waals surface area contributed by atoms with Gasteiger partial charge in [0.1, 0.15) is 12.3 Å². The third-order valence-corrected chi connectivity index (χ3v) is 6.99. The fourth-order valence-electron chi connectivity index (χ4n) is 3.65. The van der Waals surface area contributed by atoms with Gasteiger partial charge in [0.25, 0.3) is 0 Å². The number of H-pyrrole nitrogens is 1. The van der Waals surface area contributed by atoms with Gasteiger partial charge in [0, 0.05) is 18.5 Å². The first kappa shape index (κ1) is 27.5. The lowest BCUT2D eigenvalue weighted by Gasteiger charge is -2.20. The van der Waals surface area contributed by atoms with Crippen LogP contribution in [-0.4, -0.2) is 54.4 Å². The Bertz CT molecular complexity index is 1380. The SMILES string of the molecule is O=CC[C@H](NC(=O)C(CCCCNS(=O)(=O)c1cccc(-c2noc(=O)[nH]2)c1)c1ccccc1)C(=O)O. The molecule has 13 heteroatoms. The number of aromatic amines is 1. The van der Waals surface area contributed by atoms with Crippen LogP contribution in [0.15, 0.2) is 68.8 Å². The van der Waals surface area contributed by atoms with Crippen molar-refractivity contribution in [2.24, 2.45) is 0 Å². The summed E-state index contributed by atoms with van der Waals surface area (Å²) in [6, 6.07) is 13.3. The van der Waals surface area contributed by atoms with Crippen LogP contribution in [0.5, 0.6) is 0 Å². The molecule has 1 amide bonds. The molecule has 1 heterocycles. The fraction of sp³-hybridized carbons (Fsp3) is 0.292. The van der Waals surface area contributed by atoms with E-state index in [1.807, 2.05) is 0 Å². The minimum atomic E-state index is -3.86. The van der Waals surface area contributed by atoms with Crippen LogP contribution >= 0.6 is 0 Å². The standard InChI is InChI=1S/C24H26N4O8S/c29-14-12-20(23(31)32)26-22(30)19(16-7-2-1-3-8-16)11-4-5-13-25-37(34,35)18-10-6-9-17(15-18)21-27-24(33)36-28-21/h1-3,6-10,14-15,19-20,25H,4-5,11-13H2,(H,26,30)(H,31,32)(H,27,28,33)/t19?,20-/m0/s1. The van der Waals surface area contributed by atoms with Crippen LogP contribution in [-0.2, 0) is 24.4 Å². The number of aromatic nitrogens is 2. The molecule has 196 valence electrons. The molecule has 37 heavy (non-hydrogen) atoms. The van der Waals surface area contributed by atoms with E-state index in [0.29, 0.717) is 36.7 Å². The Kier molecular flexibility index (Phi) is 9.46. The van der Waals surface area contributed by atoms with E-state index >= 15 is 0 Å². The van der Waals surface area contributed by atoms with Crippen LogP contribution in [0.25, 0.3) is 11.4 Å². The number of aliphatic carboxylic acids is 1. The molecule has 2 atom stereocenters. The molecule has 0 fully saturated rings. The van der Waals surface area contributed by atoms with E-state index in [9.17, 15) is 32.7 Å². The van der Waals surface area contributed by atoms with E-state index in [0.717, 1.165) is 0 Å². The van der Waals surface area contributed by atoms with Gasteiger partial charge in [0.15, 0.2) is 5.82 Å². The zero-order valence-electron chi connectivity index (χ0n) is 19.6. The highest BCUT2D eigenvalue weighted by atomic mass is 32.2. The number of hydrogen-bond acceptors (Lipinski definition) is 8. The van der Waals surface area contributed by atoms with Gasteiger partial charge in [0.2, 0.25) is 15.9 Å². The molecule has 0 aliphatic carbocycles. The average molecular weight is 531 g/mol. The number of amides is 1. The maximum atomic E-state index is 12.9. The molecule has 0 saturated heterocycles. The summed E-state index contributed by atoms with van der Waals surface area (Å²) in [5.74, 6) is -3.16. The molecule has 1 aromatic heterocycles. The summed E-state index contributed by atoms with van der Waals surface area (Å²) in [6.07, 6.45) is 1.28. The Morgan fingerprint density at radius 1 is 1.11 bits per heavy atom. The van der Waals surface area contributed by atoms with Crippen LogP contribution < -0.4 is 15.8 Å². The predicted octanol–water partition coefficient (Wildman–Crippen LogP) is 1.42. The number of carbonyl (C=O) groups is 3. The molecule has 0 spiro atoms. The average Bonchev–Trinajstić information content (AvgIpc) is 3.32. The first-order chi connectivity index (χ1) is 17.7. The molecule has 0 radical (unpaired) electrons. The largest absolute Gasteiger partial charge is 0.480 e. The molecule has 0 saturated carbocycles. The van der Waals surface area contributed by atoms with Gasteiger partial charge in [-0.05, 0) is 30.5 Å². The number of carboxylic acids is 1. The van der Waals surface area contributed by atoms with Gasteiger partial charge >= 0.3 is 11.7 Å². The maximum absolute atomic E-state index is 12.9. The Morgan fingerprint density at radius 2 is 1.86 bits per heavy atom. The second kappa shape index (κ2) is 12.7. The zero-order chi connectivity index (χ0) is 26.8. The Hall–Kier alpha value is -4.10. The summed E-state index contributed by atoms with van der Waals surface area (Å²) >= 11 is 0. The van der Waals surface area contributed by atoms with E-state index in [4.69, 9.17) is 0 Å². The summed E-state index contributed by atoms with van der Waals surface area (Å²) < 4.78 is 32.4. The van der Waals surface area contributed by atoms with Gasteiger partial charge in [-0.25, -0.2) is 22.7 Å². The van der Waals surface area contributed by atoms with Gasteiger partial charge in [-0.1, -0.05) is 54.0 Å². The molecule has 0 bridgehead atoms. The highest BCUT2D eigenvalue weighted by molar-refractivity contribution is 7.89. The number of nitrogens with zero attached hydrogens (tertiary/aromatic N) is 1. The smallest absolute Gasteiger partial charge is 0.439 e. The van der Waals surface area contributed by atoms with Crippen LogP contribution in [0.4, 0.5) is 0 Å². The van der Waals surface area contributed by atoms with Crippen molar-refractivity contribution in [3.63, 3.8) is 0 Å². The van der Waals surface area contributed by atoms with Gasteiger partial charge in [-0.15, -0.1) is 0 Å². The van der Waals surface area contributed by atoms with Crippen molar-refractivity contribution in [3.05, 3.63) is 70.7 Å². The molecular weight excluding hydrogens is 504 g/mol. The molecular formula is C24H26N4O8S. The summed E-state index contributed by atoms with van der Waals surface area (Å²) in [5.41, 5.74) is 1.04. The molecule has 12 nitrogen and oxygen atoms in total. The van der Waals surface area contributed by atoms with Crippen LogP contribution in [0, 0.1) is 0 Å². The molecule has 2 aromatic carbocycles. The summed E-state index contributed by atoms with van der Waals surface area (Å²) in [5, 5.41) is 15.2. The molecule has 0 aliphatic rings. The third-order valence-electron chi connectivity index (χ3n) is 5.53. The summed E-state index contributed by atoms with van der Waals surface area (Å²) in [7, 11) is -3.86.